The number of nitrogens with one attached hydrogen (secondary N) is 1. The van der Waals surface area contributed by atoms with Gasteiger partial charge in [0.05, 0.1) is 7.11 Å². The first-order chi connectivity index (χ1) is 4.84. The van der Waals surface area contributed by atoms with Gasteiger partial charge in [0.1, 0.15) is 0 Å². The van der Waals surface area contributed by atoms with E-state index in [1.165, 1.54) is 0 Å². The van der Waals surface area contributed by atoms with Gasteiger partial charge in [-0.3, -0.25) is 0 Å². The molecule has 0 radical (unpaired) electrons. The molecule has 58 valence electrons. The molecule has 10 heavy (non-hydrogen) atoms. The van der Waals surface area contributed by atoms with Crippen LogP contribution in [0, 0.1) is 0 Å². The van der Waals surface area contributed by atoms with Crippen LogP contribution in [0.15, 0.2) is 12.5 Å². The SMILES string of the molecule is C=C(OC)N1CCNCC1. The van der Waals surface area contributed by atoms with E-state index in [0.29, 0.717) is 0 Å². The van der Waals surface area contributed by atoms with E-state index in [-0.39, 0.29) is 0 Å². The Bertz CT molecular complexity index is 119. The first-order valence-electron chi connectivity index (χ1n) is 3.53. The maximum Gasteiger partial charge on any atom is 0.181 e. The minimum absolute atomic E-state index is 0.779. The maximum absolute atomic E-state index is 4.99. The molecule has 1 aliphatic rings. The second kappa shape index (κ2) is 3.46. The zero-order valence-corrected chi connectivity index (χ0v) is 6.39. The number of hydrogen-bond acceptors (Lipinski definition) is 3. The summed E-state index contributed by atoms with van der Waals surface area (Å²) >= 11 is 0. The monoisotopic (exact) mass is 142 g/mol. The van der Waals surface area contributed by atoms with Gasteiger partial charge in [0.15, 0.2) is 5.88 Å². The van der Waals surface area contributed by atoms with Gasteiger partial charge in [0, 0.05) is 26.2 Å². The lowest BCUT2D eigenvalue weighted by Gasteiger charge is -2.29. The summed E-state index contributed by atoms with van der Waals surface area (Å²) in [5, 5.41) is 3.26. The molecule has 0 aromatic carbocycles. The smallest absolute Gasteiger partial charge is 0.181 e. The van der Waals surface area contributed by atoms with Gasteiger partial charge >= 0.3 is 0 Å². The van der Waals surface area contributed by atoms with Crippen molar-refractivity contribution in [1.82, 2.24) is 10.2 Å². The summed E-state index contributed by atoms with van der Waals surface area (Å²) in [5.74, 6) is 0.779. The molecule has 0 spiro atoms. The van der Waals surface area contributed by atoms with Crippen molar-refractivity contribution in [3.8, 4) is 0 Å². The van der Waals surface area contributed by atoms with Crippen LogP contribution in [0.2, 0.25) is 0 Å². The Morgan fingerprint density at radius 1 is 1.50 bits per heavy atom. The Morgan fingerprint density at radius 3 is 2.60 bits per heavy atom. The molecule has 1 saturated heterocycles. The summed E-state index contributed by atoms with van der Waals surface area (Å²) in [6.07, 6.45) is 0. The number of methoxy groups -OCH3 is 1. The second-order valence-corrected chi connectivity index (χ2v) is 2.33. The molecule has 1 heterocycles. The zero-order valence-electron chi connectivity index (χ0n) is 6.39. The molecule has 0 saturated carbocycles. The first-order valence-corrected chi connectivity index (χ1v) is 3.53. The van der Waals surface area contributed by atoms with Crippen molar-refractivity contribution in [1.29, 1.82) is 0 Å². The van der Waals surface area contributed by atoms with Crippen molar-refractivity contribution in [2.24, 2.45) is 0 Å². The quantitative estimate of drug-likeness (QED) is 0.550. The fraction of sp³-hybridized carbons (Fsp3) is 0.714. The molecular formula is C7H14N2O. The van der Waals surface area contributed by atoms with E-state index >= 15 is 0 Å². The lowest BCUT2D eigenvalue weighted by atomic mass is 10.4. The van der Waals surface area contributed by atoms with Crippen LogP contribution >= 0.6 is 0 Å². The van der Waals surface area contributed by atoms with Gasteiger partial charge < -0.3 is 15.0 Å². The average molecular weight is 142 g/mol. The van der Waals surface area contributed by atoms with E-state index in [1.54, 1.807) is 7.11 Å². The van der Waals surface area contributed by atoms with Crippen molar-refractivity contribution in [2.45, 2.75) is 0 Å². The van der Waals surface area contributed by atoms with E-state index in [9.17, 15) is 0 Å². The van der Waals surface area contributed by atoms with Gasteiger partial charge in [-0.1, -0.05) is 0 Å². The third-order valence-electron chi connectivity index (χ3n) is 1.71. The van der Waals surface area contributed by atoms with Crippen molar-refractivity contribution in [2.75, 3.05) is 33.3 Å². The van der Waals surface area contributed by atoms with Crippen LogP contribution in [-0.2, 0) is 4.74 Å². The van der Waals surface area contributed by atoms with Crippen molar-refractivity contribution in [3.05, 3.63) is 12.5 Å². The number of nitrogens with zero attached hydrogens (tertiary/aromatic N) is 1. The molecule has 3 heteroatoms. The van der Waals surface area contributed by atoms with Crippen molar-refractivity contribution >= 4 is 0 Å². The molecule has 3 nitrogen and oxygen atoms in total. The summed E-state index contributed by atoms with van der Waals surface area (Å²) in [6, 6.07) is 0. The largest absolute Gasteiger partial charge is 0.483 e. The highest BCUT2D eigenvalue weighted by molar-refractivity contribution is 4.85. The Balaban J connectivity index is 2.31. The van der Waals surface area contributed by atoms with Crippen molar-refractivity contribution in [3.63, 3.8) is 0 Å². The van der Waals surface area contributed by atoms with E-state index in [4.69, 9.17) is 4.74 Å². The van der Waals surface area contributed by atoms with Gasteiger partial charge in [-0.05, 0) is 6.58 Å². The van der Waals surface area contributed by atoms with Gasteiger partial charge in [0.2, 0.25) is 0 Å². The Hall–Kier alpha value is -0.700. The van der Waals surface area contributed by atoms with Crippen LogP contribution < -0.4 is 5.32 Å². The maximum atomic E-state index is 4.99. The van der Waals surface area contributed by atoms with Gasteiger partial charge in [-0.15, -0.1) is 0 Å². The summed E-state index contributed by atoms with van der Waals surface area (Å²) in [4.78, 5) is 2.14. The van der Waals surface area contributed by atoms with E-state index in [1.807, 2.05) is 0 Å². The second-order valence-electron chi connectivity index (χ2n) is 2.33. The van der Waals surface area contributed by atoms with Crippen LogP contribution in [0.25, 0.3) is 0 Å². The van der Waals surface area contributed by atoms with Crippen LogP contribution in [0.3, 0.4) is 0 Å². The van der Waals surface area contributed by atoms with Gasteiger partial charge in [-0.2, -0.15) is 0 Å². The van der Waals surface area contributed by atoms with Crippen molar-refractivity contribution < 1.29 is 4.74 Å². The lowest BCUT2D eigenvalue weighted by molar-refractivity contribution is 0.143. The molecule has 0 amide bonds. The van der Waals surface area contributed by atoms with Crippen LogP contribution in [0.5, 0.6) is 0 Å². The Kier molecular flexibility index (Phi) is 2.57. The van der Waals surface area contributed by atoms with Crippen LogP contribution in [-0.4, -0.2) is 38.2 Å². The van der Waals surface area contributed by atoms with E-state index in [2.05, 4.69) is 16.8 Å². The number of hydrogen-bond donors (Lipinski definition) is 1. The third-order valence-corrected chi connectivity index (χ3v) is 1.71. The molecule has 0 unspecified atom stereocenters. The fourth-order valence-electron chi connectivity index (χ4n) is 1.04. The Labute approximate surface area is 61.7 Å². The molecule has 1 N–H and O–H groups in total. The van der Waals surface area contributed by atoms with Crippen LogP contribution in [0.1, 0.15) is 0 Å². The Morgan fingerprint density at radius 2 is 2.10 bits per heavy atom. The van der Waals surface area contributed by atoms with E-state index in [0.717, 1.165) is 32.1 Å². The molecule has 0 bridgehead atoms. The number of rotatable bonds is 2. The fourth-order valence-corrected chi connectivity index (χ4v) is 1.04. The molecule has 1 rings (SSSR count). The summed E-state index contributed by atoms with van der Waals surface area (Å²) < 4.78 is 4.99. The molecular weight excluding hydrogens is 128 g/mol. The molecule has 0 aromatic heterocycles. The van der Waals surface area contributed by atoms with Gasteiger partial charge in [0.25, 0.3) is 0 Å². The lowest BCUT2D eigenvalue weighted by Crippen LogP contribution is -2.42. The van der Waals surface area contributed by atoms with Crippen LogP contribution in [0.4, 0.5) is 0 Å². The summed E-state index contributed by atoms with van der Waals surface area (Å²) in [5.41, 5.74) is 0. The summed E-state index contributed by atoms with van der Waals surface area (Å²) in [7, 11) is 1.66. The molecule has 0 aliphatic carbocycles. The highest BCUT2D eigenvalue weighted by Crippen LogP contribution is 2.02. The minimum atomic E-state index is 0.779. The zero-order chi connectivity index (χ0) is 7.40. The predicted molar refractivity (Wildman–Crippen MR) is 40.6 cm³/mol. The average Bonchev–Trinajstić information content (AvgIpc) is 2.05. The molecule has 0 aromatic rings. The topological polar surface area (TPSA) is 24.5 Å². The number of piperazine rings is 1. The molecule has 1 fully saturated rings. The molecule has 0 atom stereocenters. The highest BCUT2D eigenvalue weighted by atomic mass is 16.5. The normalized spacial score (nSPS) is 18.7. The minimum Gasteiger partial charge on any atom is -0.483 e. The standard InChI is InChI=1S/C7H14N2O/c1-7(10-2)9-5-3-8-4-6-9/h8H,1,3-6H2,2H3. The highest BCUT2D eigenvalue weighted by Gasteiger charge is 2.10. The summed E-state index contributed by atoms with van der Waals surface area (Å²) in [6.45, 7) is 7.85. The van der Waals surface area contributed by atoms with E-state index < -0.39 is 0 Å². The predicted octanol–water partition coefficient (Wildman–Crippen LogP) is 0.00920. The third kappa shape index (κ3) is 1.64. The molecule has 1 aliphatic heterocycles. The number of ether oxygens (including phenoxy) is 1. The first kappa shape index (κ1) is 7.41. The van der Waals surface area contributed by atoms with Gasteiger partial charge in [-0.25, -0.2) is 0 Å².